The number of nitrogens with zero attached hydrogens (tertiary/aromatic N) is 2. The van der Waals surface area contributed by atoms with Crippen molar-refractivity contribution in [2.45, 2.75) is 31.7 Å². The fourth-order valence-electron chi connectivity index (χ4n) is 2.81. The summed E-state index contributed by atoms with van der Waals surface area (Å²) in [5.41, 5.74) is 7.00. The Morgan fingerprint density at radius 1 is 1.26 bits per heavy atom. The first-order chi connectivity index (χ1) is 9.31. The number of fused-ring (bicyclic) bond motifs is 1. The molecule has 3 rings (SSSR count). The molecule has 1 aliphatic rings. The summed E-state index contributed by atoms with van der Waals surface area (Å²) >= 11 is 0. The number of aromatic nitrogens is 2. The highest BCUT2D eigenvalue weighted by Gasteiger charge is 2.19. The lowest BCUT2D eigenvalue weighted by molar-refractivity contribution is 0.334. The van der Waals surface area contributed by atoms with Crippen LogP contribution in [0, 0.1) is 5.92 Å². The number of hydrogen-bond donors (Lipinski definition) is 2. The Kier molecular flexibility index (Phi) is 3.60. The normalized spacial score (nSPS) is 23.4. The minimum absolute atomic E-state index is 0.373. The average molecular weight is 256 g/mol. The van der Waals surface area contributed by atoms with Gasteiger partial charge >= 0.3 is 0 Å². The van der Waals surface area contributed by atoms with Gasteiger partial charge in [0.05, 0.1) is 5.52 Å². The number of anilines is 1. The molecule has 4 nitrogen and oxygen atoms in total. The smallest absolute Gasteiger partial charge is 0.223 e. The molecule has 2 unspecified atom stereocenters. The molecule has 1 heterocycles. The van der Waals surface area contributed by atoms with E-state index in [1.807, 2.05) is 30.5 Å². The average Bonchev–Trinajstić information content (AvgIpc) is 2.45. The third kappa shape index (κ3) is 3.01. The SMILES string of the molecule is NC1CCCC(CNc2ncc3ccccc3n2)C1. The van der Waals surface area contributed by atoms with Crippen LogP contribution in [-0.2, 0) is 0 Å². The number of para-hydroxylation sites is 1. The van der Waals surface area contributed by atoms with Crippen LogP contribution >= 0.6 is 0 Å². The van der Waals surface area contributed by atoms with Gasteiger partial charge in [0.15, 0.2) is 0 Å². The van der Waals surface area contributed by atoms with Crippen molar-refractivity contribution in [3.8, 4) is 0 Å². The first kappa shape index (κ1) is 12.4. The van der Waals surface area contributed by atoms with E-state index in [1.54, 1.807) is 0 Å². The fourth-order valence-corrected chi connectivity index (χ4v) is 2.81. The quantitative estimate of drug-likeness (QED) is 0.886. The van der Waals surface area contributed by atoms with Crippen LogP contribution in [0.4, 0.5) is 5.95 Å². The van der Waals surface area contributed by atoms with Gasteiger partial charge in [0.1, 0.15) is 0 Å². The van der Waals surface area contributed by atoms with Crippen LogP contribution in [0.25, 0.3) is 10.9 Å². The molecule has 0 radical (unpaired) electrons. The van der Waals surface area contributed by atoms with E-state index in [1.165, 1.54) is 19.3 Å². The maximum absolute atomic E-state index is 6.01. The summed E-state index contributed by atoms with van der Waals surface area (Å²) in [6.07, 6.45) is 6.65. The van der Waals surface area contributed by atoms with Crippen LogP contribution in [0.1, 0.15) is 25.7 Å². The third-order valence-corrected chi connectivity index (χ3v) is 3.86. The molecule has 0 bridgehead atoms. The lowest BCUT2D eigenvalue weighted by atomic mass is 9.86. The molecule has 1 aliphatic carbocycles. The van der Waals surface area contributed by atoms with Gasteiger partial charge in [-0.3, -0.25) is 0 Å². The summed E-state index contributed by atoms with van der Waals surface area (Å²) in [7, 11) is 0. The predicted molar refractivity (Wildman–Crippen MR) is 78.0 cm³/mol. The Hall–Kier alpha value is -1.68. The molecule has 0 aliphatic heterocycles. The highest BCUT2D eigenvalue weighted by Crippen LogP contribution is 2.23. The number of nitrogens with one attached hydrogen (secondary N) is 1. The molecule has 0 saturated heterocycles. The van der Waals surface area contributed by atoms with Gasteiger partial charge in [-0.1, -0.05) is 24.6 Å². The van der Waals surface area contributed by atoms with Crippen LogP contribution in [0.5, 0.6) is 0 Å². The molecule has 1 aromatic heterocycles. The number of rotatable bonds is 3. The van der Waals surface area contributed by atoms with E-state index < -0.39 is 0 Å². The van der Waals surface area contributed by atoms with Crippen molar-refractivity contribution in [1.29, 1.82) is 0 Å². The van der Waals surface area contributed by atoms with Gasteiger partial charge in [0.25, 0.3) is 0 Å². The van der Waals surface area contributed by atoms with Crippen LogP contribution in [0.2, 0.25) is 0 Å². The molecule has 3 N–H and O–H groups in total. The summed E-state index contributed by atoms with van der Waals surface area (Å²) < 4.78 is 0. The van der Waals surface area contributed by atoms with Gasteiger partial charge in [0, 0.05) is 24.2 Å². The Labute approximate surface area is 113 Å². The second kappa shape index (κ2) is 5.53. The van der Waals surface area contributed by atoms with Crippen molar-refractivity contribution < 1.29 is 0 Å². The van der Waals surface area contributed by atoms with Crippen molar-refractivity contribution in [2.75, 3.05) is 11.9 Å². The van der Waals surface area contributed by atoms with Crippen molar-refractivity contribution in [2.24, 2.45) is 11.7 Å². The van der Waals surface area contributed by atoms with Crippen LogP contribution in [0.3, 0.4) is 0 Å². The third-order valence-electron chi connectivity index (χ3n) is 3.86. The van der Waals surface area contributed by atoms with Gasteiger partial charge < -0.3 is 11.1 Å². The summed E-state index contributed by atoms with van der Waals surface area (Å²) in [5, 5.41) is 4.43. The maximum Gasteiger partial charge on any atom is 0.223 e. The van der Waals surface area contributed by atoms with Gasteiger partial charge in [-0.2, -0.15) is 0 Å². The zero-order valence-corrected chi connectivity index (χ0v) is 11.0. The molecule has 100 valence electrons. The fraction of sp³-hybridized carbons (Fsp3) is 0.467. The van der Waals surface area contributed by atoms with Crippen LogP contribution in [-0.4, -0.2) is 22.6 Å². The standard InChI is InChI=1S/C15H20N4/c16-13-6-3-4-11(8-13)9-17-15-18-10-12-5-1-2-7-14(12)19-15/h1-2,5,7,10-11,13H,3-4,6,8-9,16H2,(H,17,18,19). The molecular formula is C15H20N4. The first-order valence-corrected chi connectivity index (χ1v) is 7.02. The van der Waals surface area contributed by atoms with Gasteiger partial charge in [-0.25, -0.2) is 9.97 Å². The van der Waals surface area contributed by atoms with Crippen molar-refractivity contribution in [1.82, 2.24) is 9.97 Å². The zero-order chi connectivity index (χ0) is 13.1. The number of nitrogens with two attached hydrogens (primary N) is 1. The van der Waals surface area contributed by atoms with Crippen LogP contribution < -0.4 is 11.1 Å². The summed E-state index contributed by atoms with van der Waals surface area (Å²) in [6.45, 7) is 0.923. The lowest BCUT2D eigenvalue weighted by Crippen LogP contribution is -2.31. The molecule has 2 atom stereocenters. The summed E-state index contributed by atoms with van der Waals surface area (Å²) in [5.74, 6) is 1.37. The minimum atomic E-state index is 0.373. The van der Waals surface area contributed by atoms with E-state index in [9.17, 15) is 0 Å². The maximum atomic E-state index is 6.01. The highest BCUT2D eigenvalue weighted by molar-refractivity contribution is 5.78. The van der Waals surface area contributed by atoms with Gasteiger partial charge in [-0.05, 0) is 31.2 Å². The molecule has 0 amide bonds. The monoisotopic (exact) mass is 256 g/mol. The Bertz CT molecular complexity index is 555. The first-order valence-electron chi connectivity index (χ1n) is 7.02. The Balaban J connectivity index is 1.64. The van der Waals surface area contributed by atoms with Crippen LogP contribution in [0.15, 0.2) is 30.5 Å². The number of benzene rings is 1. The van der Waals surface area contributed by atoms with E-state index in [4.69, 9.17) is 5.73 Å². The van der Waals surface area contributed by atoms with E-state index in [2.05, 4.69) is 15.3 Å². The minimum Gasteiger partial charge on any atom is -0.354 e. The van der Waals surface area contributed by atoms with Crippen molar-refractivity contribution in [3.05, 3.63) is 30.5 Å². The second-order valence-corrected chi connectivity index (χ2v) is 5.43. The Morgan fingerprint density at radius 2 is 2.16 bits per heavy atom. The van der Waals surface area contributed by atoms with Crippen molar-refractivity contribution in [3.63, 3.8) is 0 Å². The molecule has 1 fully saturated rings. The summed E-state index contributed by atoms with van der Waals surface area (Å²) in [4.78, 5) is 8.88. The van der Waals surface area contributed by atoms with E-state index in [0.29, 0.717) is 12.0 Å². The number of hydrogen-bond acceptors (Lipinski definition) is 4. The zero-order valence-electron chi connectivity index (χ0n) is 11.0. The molecule has 4 heteroatoms. The highest BCUT2D eigenvalue weighted by atomic mass is 15.1. The van der Waals surface area contributed by atoms with Gasteiger partial charge in [-0.15, -0.1) is 0 Å². The second-order valence-electron chi connectivity index (χ2n) is 5.43. The molecule has 2 aromatic rings. The van der Waals surface area contributed by atoms with Gasteiger partial charge in [0.2, 0.25) is 5.95 Å². The topological polar surface area (TPSA) is 63.8 Å². The molecule has 1 aromatic carbocycles. The Morgan fingerprint density at radius 3 is 3.05 bits per heavy atom. The van der Waals surface area contributed by atoms with E-state index >= 15 is 0 Å². The predicted octanol–water partition coefficient (Wildman–Crippen LogP) is 2.56. The van der Waals surface area contributed by atoms with E-state index in [-0.39, 0.29) is 0 Å². The molecule has 0 spiro atoms. The van der Waals surface area contributed by atoms with Crippen molar-refractivity contribution >= 4 is 16.9 Å². The molecule has 1 saturated carbocycles. The molecular weight excluding hydrogens is 236 g/mol. The summed E-state index contributed by atoms with van der Waals surface area (Å²) in [6, 6.07) is 8.41. The largest absolute Gasteiger partial charge is 0.354 e. The lowest BCUT2D eigenvalue weighted by Gasteiger charge is -2.26. The molecule has 19 heavy (non-hydrogen) atoms. The van der Waals surface area contributed by atoms with E-state index in [0.717, 1.165) is 29.8 Å².